The zero-order valence-corrected chi connectivity index (χ0v) is 23.1. The van der Waals surface area contributed by atoms with Crippen molar-refractivity contribution in [1.29, 1.82) is 0 Å². The average molecular weight is 667 g/mol. The zero-order valence-electron chi connectivity index (χ0n) is 22.3. The second-order valence-corrected chi connectivity index (χ2v) is 13.0. The second kappa shape index (κ2) is 10.8. The number of likely N-dealkylation sites (tertiary alicyclic amines) is 2. The zero-order chi connectivity index (χ0) is 33.1. The molecule has 2 aliphatic heterocycles. The van der Waals surface area contributed by atoms with E-state index in [2.05, 4.69) is 0 Å². The Morgan fingerprint density at radius 3 is 1.68 bits per heavy atom. The third-order valence-electron chi connectivity index (χ3n) is 8.18. The Kier molecular flexibility index (Phi) is 8.25. The Bertz CT molecular complexity index is 1470. The highest BCUT2D eigenvalue weighted by Gasteiger charge is 2.71. The molecule has 0 unspecified atom stereocenters. The molecule has 2 saturated heterocycles. The summed E-state index contributed by atoms with van der Waals surface area (Å²) in [6.45, 7) is -2.18. The predicted octanol–water partition coefficient (Wildman–Crippen LogP) is 5.02. The molecule has 44 heavy (non-hydrogen) atoms. The van der Waals surface area contributed by atoms with E-state index in [0.29, 0.717) is 12.1 Å². The average Bonchev–Trinajstić information content (AvgIpc) is 3.39. The maximum Gasteiger partial charge on any atom is 0.430 e. The van der Waals surface area contributed by atoms with Gasteiger partial charge in [0.25, 0.3) is 5.60 Å². The number of hydrogen-bond donors (Lipinski definition) is 2. The van der Waals surface area contributed by atoms with Crippen molar-refractivity contribution in [2.24, 2.45) is 0 Å². The molecule has 18 heteroatoms. The summed E-state index contributed by atoms with van der Waals surface area (Å²) in [5, 5.41) is 19.6. The Labute approximate surface area is 243 Å². The summed E-state index contributed by atoms with van der Waals surface area (Å²) in [7, 11) is -4.69. The first-order chi connectivity index (χ1) is 20.0. The molecule has 7 nitrogen and oxygen atoms in total. The molecule has 2 aromatic carbocycles. The fourth-order valence-corrected chi connectivity index (χ4v) is 7.53. The van der Waals surface area contributed by atoms with E-state index in [0.717, 1.165) is 34.1 Å². The highest BCUT2D eigenvalue weighted by Crippen LogP contribution is 2.51. The van der Waals surface area contributed by atoms with Crippen LogP contribution < -0.4 is 0 Å². The van der Waals surface area contributed by atoms with Crippen molar-refractivity contribution in [3.05, 3.63) is 65.5 Å². The van der Waals surface area contributed by atoms with Crippen LogP contribution in [0.4, 0.5) is 48.7 Å². The van der Waals surface area contributed by atoms with Crippen LogP contribution in [0.2, 0.25) is 0 Å². The number of sulfone groups is 1. The number of carbonyl (C=O) groups excluding carboxylic acids is 1. The summed E-state index contributed by atoms with van der Waals surface area (Å²) < 4.78 is 159. The van der Waals surface area contributed by atoms with Gasteiger partial charge >= 0.3 is 24.6 Å². The van der Waals surface area contributed by atoms with Crippen molar-refractivity contribution >= 4 is 15.9 Å². The lowest BCUT2D eigenvalue weighted by Gasteiger charge is -2.40. The molecule has 0 spiro atoms. The third-order valence-corrected chi connectivity index (χ3v) is 10.7. The molecule has 1 atom stereocenters. The van der Waals surface area contributed by atoms with Crippen LogP contribution in [0, 0.1) is 5.82 Å². The summed E-state index contributed by atoms with van der Waals surface area (Å²) in [4.78, 5) is 14.7. The normalized spacial score (nSPS) is 21.9. The van der Waals surface area contributed by atoms with Crippen LogP contribution in [0.5, 0.6) is 0 Å². The topological polar surface area (TPSA) is 98.2 Å². The van der Waals surface area contributed by atoms with Crippen LogP contribution in [0.3, 0.4) is 0 Å². The van der Waals surface area contributed by atoms with E-state index in [1.54, 1.807) is 0 Å². The summed E-state index contributed by atoms with van der Waals surface area (Å²) in [6, 6.07) is 4.21. The molecule has 0 saturated carbocycles. The van der Waals surface area contributed by atoms with E-state index in [9.17, 15) is 67.3 Å². The van der Waals surface area contributed by atoms with Gasteiger partial charge in [0.2, 0.25) is 0 Å². The van der Waals surface area contributed by atoms with Crippen LogP contribution in [0.25, 0.3) is 0 Å². The van der Waals surface area contributed by atoms with Crippen molar-refractivity contribution in [1.82, 2.24) is 9.80 Å². The second-order valence-electron chi connectivity index (χ2n) is 10.7. The molecule has 2 N–H and O–H groups in total. The number of piperidine rings is 1. The van der Waals surface area contributed by atoms with Crippen molar-refractivity contribution in [2.75, 3.05) is 26.2 Å². The van der Waals surface area contributed by atoms with Gasteiger partial charge in [-0.3, -0.25) is 0 Å². The molecule has 0 aliphatic carbocycles. The molecule has 2 amide bonds. The lowest BCUT2D eigenvalue weighted by Crippen LogP contribution is -2.56. The SMILES string of the molecule is O=C(N1CCC(O)(C(F)(F)F)CC1)N1CC[C@](c2ccc(C(O)(C(F)(F)F)C(F)(F)F)cc2)(S(=O)(=O)c2ccc(F)cc2)C1. The quantitative estimate of drug-likeness (QED) is 0.353. The van der Waals surface area contributed by atoms with Crippen LogP contribution in [0.15, 0.2) is 53.4 Å². The number of aliphatic hydroxyl groups is 2. The van der Waals surface area contributed by atoms with E-state index in [1.807, 2.05) is 0 Å². The van der Waals surface area contributed by atoms with Crippen LogP contribution in [-0.2, 0) is 20.2 Å². The summed E-state index contributed by atoms with van der Waals surface area (Å²) in [5.41, 5.74) is -10.4. The number of amides is 2. The first-order valence-corrected chi connectivity index (χ1v) is 14.3. The van der Waals surface area contributed by atoms with Crippen molar-refractivity contribution in [2.45, 2.75) is 58.6 Å². The van der Waals surface area contributed by atoms with E-state index in [4.69, 9.17) is 0 Å². The minimum absolute atomic E-state index is 0.255. The first-order valence-electron chi connectivity index (χ1n) is 12.8. The van der Waals surface area contributed by atoms with E-state index < -0.39 is 106 Å². The first kappa shape index (κ1) is 33.8. The smallest absolute Gasteiger partial charge is 0.380 e. The van der Waals surface area contributed by atoms with Gasteiger partial charge in [0.05, 0.1) is 4.90 Å². The maximum atomic E-state index is 14.0. The molecule has 2 heterocycles. The Morgan fingerprint density at radius 1 is 0.750 bits per heavy atom. The predicted molar refractivity (Wildman–Crippen MR) is 131 cm³/mol. The number of carbonyl (C=O) groups is 1. The summed E-state index contributed by atoms with van der Waals surface area (Å²) in [5.74, 6) is -0.826. The molecule has 0 aromatic heterocycles. The minimum atomic E-state index is -6.21. The molecule has 0 bridgehead atoms. The number of urea groups is 1. The van der Waals surface area contributed by atoms with E-state index in [-0.39, 0.29) is 24.2 Å². The number of benzene rings is 2. The number of hydrogen-bond acceptors (Lipinski definition) is 5. The van der Waals surface area contributed by atoms with E-state index in [1.165, 1.54) is 0 Å². The molecular weight excluding hydrogens is 642 g/mol. The Hall–Kier alpha value is -3.12. The van der Waals surface area contributed by atoms with Crippen LogP contribution in [0.1, 0.15) is 30.4 Å². The van der Waals surface area contributed by atoms with Gasteiger partial charge in [0.15, 0.2) is 15.4 Å². The van der Waals surface area contributed by atoms with Gasteiger partial charge in [0.1, 0.15) is 10.6 Å². The number of rotatable bonds is 4. The number of nitrogens with zero attached hydrogens (tertiary/aromatic N) is 2. The number of halogens is 10. The Balaban J connectivity index is 1.73. The molecule has 2 aromatic rings. The Morgan fingerprint density at radius 2 is 1.23 bits per heavy atom. The fourth-order valence-electron chi connectivity index (χ4n) is 5.45. The van der Waals surface area contributed by atoms with Gasteiger partial charge in [-0.15, -0.1) is 0 Å². The molecule has 4 rings (SSSR count). The van der Waals surface area contributed by atoms with Crippen molar-refractivity contribution in [3.63, 3.8) is 0 Å². The molecule has 2 fully saturated rings. The summed E-state index contributed by atoms with van der Waals surface area (Å²) in [6.07, 6.45) is -19.6. The highest BCUT2D eigenvalue weighted by atomic mass is 32.2. The lowest BCUT2D eigenvalue weighted by atomic mass is 9.89. The molecular formula is C26H24F10N2O5S. The fraction of sp³-hybridized carbons (Fsp3) is 0.500. The van der Waals surface area contributed by atoms with Crippen LogP contribution >= 0.6 is 0 Å². The van der Waals surface area contributed by atoms with Gasteiger partial charge in [-0.05, 0) is 36.2 Å². The molecule has 244 valence electrons. The van der Waals surface area contributed by atoms with Gasteiger partial charge in [-0.2, -0.15) is 39.5 Å². The summed E-state index contributed by atoms with van der Waals surface area (Å²) >= 11 is 0. The van der Waals surface area contributed by atoms with Gasteiger partial charge < -0.3 is 20.0 Å². The monoisotopic (exact) mass is 666 g/mol. The largest absolute Gasteiger partial charge is 0.430 e. The van der Waals surface area contributed by atoms with Gasteiger partial charge in [-0.1, -0.05) is 24.3 Å². The molecule has 2 aliphatic rings. The van der Waals surface area contributed by atoms with E-state index >= 15 is 0 Å². The minimum Gasteiger partial charge on any atom is -0.380 e. The lowest BCUT2D eigenvalue weighted by molar-refractivity contribution is -0.376. The van der Waals surface area contributed by atoms with Crippen molar-refractivity contribution < 1.29 is 67.3 Å². The van der Waals surface area contributed by atoms with Crippen molar-refractivity contribution in [3.8, 4) is 0 Å². The highest BCUT2D eigenvalue weighted by molar-refractivity contribution is 7.92. The number of alkyl halides is 9. The van der Waals surface area contributed by atoms with Gasteiger partial charge in [0, 0.05) is 44.6 Å². The van der Waals surface area contributed by atoms with Gasteiger partial charge in [-0.25, -0.2) is 17.6 Å². The third kappa shape index (κ3) is 5.37. The maximum absolute atomic E-state index is 14.0. The molecule has 0 radical (unpaired) electrons. The standard InChI is InChI=1S/C26H24F10N2O5S/c27-18-5-7-19(8-6-18)44(42,43)21(16-1-3-17(4-2-16)23(41,25(31,32)33)26(34,35)36)9-12-38(15-21)20(39)37-13-10-22(40,11-14-37)24(28,29)30/h1-8,40-41H,9-15H2/t21-/m0/s1. The van der Waals surface area contributed by atoms with Crippen LogP contribution in [-0.4, -0.2) is 84.8 Å².